The summed E-state index contributed by atoms with van der Waals surface area (Å²) in [5.41, 5.74) is 1.24. The van der Waals surface area contributed by atoms with E-state index in [0.717, 1.165) is 18.2 Å². The molecule has 0 aliphatic carbocycles. The number of unbranched alkanes of at least 4 members (excludes halogenated alkanes) is 1. The zero-order valence-electron chi connectivity index (χ0n) is 13.2. The zero-order chi connectivity index (χ0) is 16.7. The van der Waals surface area contributed by atoms with E-state index >= 15 is 0 Å². The van der Waals surface area contributed by atoms with E-state index in [1.165, 1.54) is 0 Å². The highest BCUT2D eigenvalue weighted by Crippen LogP contribution is 2.28. The van der Waals surface area contributed by atoms with E-state index in [1.54, 1.807) is 24.4 Å². The summed E-state index contributed by atoms with van der Waals surface area (Å²) in [6.45, 7) is 2.71. The van der Waals surface area contributed by atoms with Gasteiger partial charge in [0.25, 0.3) is 0 Å². The molecule has 122 valence electrons. The fourth-order valence-corrected chi connectivity index (χ4v) is 2.37. The second kappa shape index (κ2) is 8.27. The molecule has 0 aliphatic rings. The largest absolute Gasteiger partial charge is 0.491 e. The van der Waals surface area contributed by atoms with Gasteiger partial charge in [-0.05, 0) is 31.0 Å². The summed E-state index contributed by atoms with van der Waals surface area (Å²) in [4.78, 5) is 27.3. The number of hydrogen-bond acceptors (Lipinski definition) is 4. The van der Waals surface area contributed by atoms with E-state index < -0.39 is 5.97 Å². The number of Topliss-reactive ketones (excluding diaryl/α,β-unsaturated/α-hetero) is 1. The van der Waals surface area contributed by atoms with Gasteiger partial charge in [-0.1, -0.05) is 19.4 Å². The molecule has 1 N–H and O–H groups in total. The van der Waals surface area contributed by atoms with Crippen LogP contribution >= 0.6 is 0 Å². The minimum absolute atomic E-state index is 0.000134. The van der Waals surface area contributed by atoms with Crippen LogP contribution in [0.25, 0.3) is 10.9 Å². The molecule has 1 aromatic heterocycles. The summed E-state index contributed by atoms with van der Waals surface area (Å²) < 4.78 is 5.76. The average Bonchev–Trinajstić information content (AvgIpc) is 2.54. The fraction of sp³-hybridized carbons (Fsp3) is 0.389. The highest BCUT2D eigenvalue weighted by Gasteiger charge is 2.14. The average molecular weight is 315 g/mol. The number of aliphatic carboxylic acids is 1. The first-order valence-corrected chi connectivity index (χ1v) is 7.89. The number of pyridine rings is 1. The molecule has 5 nitrogen and oxygen atoms in total. The van der Waals surface area contributed by atoms with Gasteiger partial charge in [0.2, 0.25) is 0 Å². The van der Waals surface area contributed by atoms with Crippen LogP contribution in [0.2, 0.25) is 0 Å². The zero-order valence-corrected chi connectivity index (χ0v) is 13.2. The van der Waals surface area contributed by atoms with Gasteiger partial charge >= 0.3 is 5.97 Å². The molecule has 23 heavy (non-hydrogen) atoms. The Morgan fingerprint density at radius 1 is 1.17 bits per heavy atom. The molecule has 0 saturated heterocycles. The maximum Gasteiger partial charge on any atom is 0.303 e. The normalized spacial score (nSPS) is 10.7. The molecule has 2 aromatic rings. The molecule has 0 atom stereocenters. The number of hydrogen-bond donors (Lipinski definition) is 1. The molecule has 0 amide bonds. The summed E-state index contributed by atoms with van der Waals surface area (Å²) in [5, 5.41) is 9.42. The summed E-state index contributed by atoms with van der Waals surface area (Å²) in [5.74, 6) is -0.274. The Balaban J connectivity index is 2.22. The minimum Gasteiger partial charge on any atom is -0.491 e. The number of benzene rings is 1. The van der Waals surface area contributed by atoms with E-state index in [1.807, 2.05) is 6.07 Å². The molecule has 0 aliphatic heterocycles. The number of carbonyl (C=O) groups is 2. The number of carboxylic acids is 1. The Labute approximate surface area is 135 Å². The number of ketones is 1. The van der Waals surface area contributed by atoms with Crippen molar-refractivity contribution in [2.75, 3.05) is 6.61 Å². The second-order valence-corrected chi connectivity index (χ2v) is 5.38. The van der Waals surface area contributed by atoms with Crippen LogP contribution in [-0.2, 0) is 4.79 Å². The number of fused-ring (bicyclic) bond motifs is 1. The van der Waals surface area contributed by atoms with Crippen LogP contribution in [0.1, 0.15) is 49.4 Å². The third-order valence-corrected chi connectivity index (χ3v) is 3.58. The molecule has 1 aromatic carbocycles. The Bertz CT molecular complexity index is 696. The first kappa shape index (κ1) is 16.9. The molecule has 0 saturated carbocycles. The first-order valence-electron chi connectivity index (χ1n) is 7.89. The van der Waals surface area contributed by atoms with Gasteiger partial charge in [-0.25, -0.2) is 0 Å². The van der Waals surface area contributed by atoms with E-state index in [0.29, 0.717) is 29.9 Å². The van der Waals surface area contributed by atoms with Crippen LogP contribution in [0, 0.1) is 0 Å². The van der Waals surface area contributed by atoms with Gasteiger partial charge < -0.3 is 9.84 Å². The van der Waals surface area contributed by atoms with Crippen LogP contribution in [0.15, 0.2) is 30.5 Å². The molecule has 0 unspecified atom stereocenters. The van der Waals surface area contributed by atoms with Crippen molar-refractivity contribution in [3.8, 4) is 5.75 Å². The highest BCUT2D eigenvalue weighted by molar-refractivity contribution is 6.08. The maximum absolute atomic E-state index is 12.4. The van der Waals surface area contributed by atoms with Gasteiger partial charge in [-0.2, -0.15) is 0 Å². The minimum atomic E-state index is -0.885. The van der Waals surface area contributed by atoms with Crippen LogP contribution in [0.3, 0.4) is 0 Å². The van der Waals surface area contributed by atoms with Crippen LogP contribution in [0.5, 0.6) is 5.75 Å². The van der Waals surface area contributed by atoms with E-state index in [4.69, 9.17) is 9.84 Å². The summed E-state index contributed by atoms with van der Waals surface area (Å²) in [6, 6.07) is 7.15. The first-order chi connectivity index (χ1) is 11.1. The molecule has 5 heteroatoms. The Morgan fingerprint density at radius 2 is 2.00 bits per heavy atom. The number of nitrogens with zero attached hydrogens (tertiary/aromatic N) is 1. The van der Waals surface area contributed by atoms with Gasteiger partial charge in [0, 0.05) is 30.0 Å². The molecular formula is C18H21NO4. The van der Waals surface area contributed by atoms with Gasteiger partial charge in [0.05, 0.1) is 6.61 Å². The van der Waals surface area contributed by atoms with Crippen molar-refractivity contribution >= 4 is 22.7 Å². The summed E-state index contributed by atoms with van der Waals surface area (Å²) in [7, 11) is 0. The number of carboxylic acid groups (broad SMARTS) is 1. The topological polar surface area (TPSA) is 76.5 Å². The van der Waals surface area contributed by atoms with Crippen molar-refractivity contribution in [1.82, 2.24) is 4.98 Å². The monoisotopic (exact) mass is 315 g/mol. The molecule has 0 fully saturated rings. The lowest BCUT2D eigenvalue weighted by molar-refractivity contribution is -0.137. The smallest absolute Gasteiger partial charge is 0.303 e. The lowest BCUT2D eigenvalue weighted by Gasteiger charge is -2.11. The Hall–Kier alpha value is -2.43. The number of carbonyl (C=O) groups excluding carboxylic acids is 1. The van der Waals surface area contributed by atoms with Crippen molar-refractivity contribution in [3.63, 3.8) is 0 Å². The lowest BCUT2D eigenvalue weighted by atomic mass is 10.0. The molecule has 2 rings (SSSR count). The standard InChI is InChI=1S/C18H21NO4/c1-2-3-12-23-16-10-9-13(14-6-5-11-19-18(14)16)15(20)7-4-8-17(21)22/h5-6,9-11H,2-4,7-8,12H2,1H3,(H,21,22). The van der Waals surface area contributed by atoms with E-state index in [-0.39, 0.29) is 18.6 Å². The third kappa shape index (κ3) is 4.52. The van der Waals surface area contributed by atoms with Gasteiger partial charge in [-0.3, -0.25) is 14.6 Å². The third-order valence-electron chi connectivity index (χ3n) is 3.58. The van der Waals surface area contributed by atoms with E-state index in [2.05, 4.69) is 11.9 Å². The van der Waals surface area contributed by atoms with Gasteiger partial charge in [0.1, 0.15) is 11.3 Å². The van der Waals surface area contributed by atoms with Crippen LogP contribution < -0.4 is 4.74 Å². The fourth-order valence-electron chi connectivity index (χ4n) is 2.37. The predicted octanol–water partition coefficient (Wildman–Crippen LogP) is 3.85. The van der Waals surface area contributed by atoms with E-state index in [9.17, 15) is 9.59 Å². The second-order valence-electron chi connectivity index (χ2n) is 5.38. The van der Waals surface area contributed by atoms with Crippen LogP contribution in [-0.4, -0.2) is 28.4 Å². The summed E-state index contributed by atoms with van der Waals surface area (Å²) >= 11 is 0. The Kier molecular flexibility index (Phi) is 6.09. The molecule has 0 spiro atoms. The van der Waals surface area contributed by atoms with Crippen molar-refractivity contribution in [2.24, 2.45) is 0 Å². The molecule has 0 radical (unpaired) electrons. The Morgan fingerprint density at radius 3 is 2.74 bits per heavy atom. The molecule has 1 heterocycles. The number of aromatic nitrogens is 1. The lowest BCUT2D eigenvalue weighted by Crippen LogP contribution is -2.04. The maximum atomic E-state index is 12.4. The van der Waals surface area contributed by atoms with Crippen molar-refractivity contribution < 1.29 is 19.4 Å². The van der Waals surface area contributed by atoms with Gasteiger partial charge in [0.15, 0.2) is 5.78 Å². The predicted molar refractivity (Wildman–Crippen MR) is 88.0 cm³/mol. The quantitative estimate of drug-likeness (QED) is 0.562. The van der Waals surface area contributed by atoms with Crippen molar-refractivity contribution in [1.29, 1.82) is 0 Å². The summed E-state index contributed by atoms with van der Waals surface area (Å²) in [6.07, 6.45) is 4.24. The highest BCUT2D eigenvalue weighted by atomic mass is 16.5. The number of rotatable bonds is 9. The van der Waals surface area contributed by atoms with Crippen molar-refractivity contribution in [3.05, 3.63) is 36.0 Å². The number of ether oxygens (including phenoxy) is 1. The van der Waals surface area contributed by atoms with Crippen molar-refractivity contribution in [2.45, 2.75) is 39.0 Å². The SMILES string of the molecule is CCCCOc1ccc(C(=O)CCCC(=O)O)c2cccnc12. The van der Waals surface area contributed by atoms with Gasteiger partial charge in [-0.15, -0.1) is 0 Å². The van der Waals surface area contributed by atoms with Crippen LogP contribution in [0.4, 0.5) is 0 Å². The molecular weight excluding hydrogens is 294 g/mol. The molecule has 0 bridgehead atoms.